The molecule has 18 heteroatoms. The van der Waals surface area contributed by atoms with E-state index in [9.17, 15) is 32.4 Å². The lowest BCUT2D eigenvalue weighted by Crippen LogP contribution is -2.54. The van der Waals surface area contributed by atoms with Crippen LogP contribution in [-0.2, 0) is 19.4 Å². The first-order chi connectivity index (χ1) is 27.8. The maximum absolute atomic E-state index is 13.4. The first kappa shape index (κ1) is 39.4. The largest absolute Gasteiger partial charge is 0.371 e. The minimum absolute atomic E-state index is 0.00292. The van der Waals surface area contributed by atoms with Crippen LogP contribution in [0.3, 0.4) is 0 Å². The number of nitrogens with zero attached hydrogens (tertiary/aromatic N) is 6. The number of nitrogens with one attached hydrogen (secondary N) is 3. The molecule has 0 radical (unpaired) electrons. The number of anilines is 4. The van der Waals surface area contributed by atoms with Gasteiger partial charge in [-0.25, -0.2) is 18.4 Å². The Morgan fingerprint density at radius 2 is 1.62 bits per heavy atom. The van der Waals surface area contributed by atoms with Crippen LogP contribution in [0.4, 0.5) is 23.0 Å². The molecule has 0 aliphatic carbocycles. The standard InChI is InChI=1S/C40H48N10O7S/c1-58(56,57)29-7-4-25(5-8-29)44-37-35(36(41)52)42-20-33(45-37)49-15-2-3-26(23-49)43-27-14-16-47(22-27)21-24-12-17-48(18-13-24)28-6-9-30-31(19-28)40(55)50(39(30)54)32-10-11-34(51)46-38(32)53/h4-9,19-20,24,26-27,32,43H,2-3,10-18,21-23H2,1H3,(H2,41,52)(H,44,45)(H,46,51,53)/t26-,27?,32?/m1/s1. The van der Waals surface area contributed by atoms with E-state index in [1.165, 1.54) is 12.1 Å². The van der Waals surface area contributed by atoms with Crippen molar-refractivity contribution in [1.82, 2.24) is 30.4 Å². The number of rotatable bonds is 11. The average Bonchev–Trinajstić information content (AvgIpc) is 3.74. The Morgan fingerprint density at radius 1 is 0.879 bits per heavy atom. The van der Waals surface area contributed by atoms with Gasteiger partial charge < -0.3 is 31.1 Å². The van der Waals surface area contributed by atoms with E-state index in [-0.39, 0.29) is 35.3 Å². The van der Waals surface area contributed by atoms with E-state index < -0.39 is 45.4 Å². The molecule has 3 aromatic rings. The molecular weight excluding hydrogens is 765 g/mol. The van der Waals surface area contributed by atoms with Crippen molar-refractivity contribution in [2.24, 2.45) is 11.7 Å². The summed E-state index contributed by atoms with van der Waals surface area (Å²) in [5.41, 5.74) is 7.65. The highest BCUT2D eigenvalue weighted by Crippen LogP contribution is 2.33. The highest BCUT2D eigenvalue weighted by Gasteiger charge is 2.45. The SMILES string of the molecule is CS(=O)(=O)c1ccc(Nc2nc(N3CCC[C@@H](NC4CCN(CC5CCN(c6ccc7c(c6)C(=O)N(C6CCC(=O)NC6=O)C7=O)CC5)C4)C3)cnc2C(N)=O)cc1. The fourth-order valence-electron chi connectivity index (χ4n) is 8.91. The minimum atomic E-state index is -3.36. The number of nitrogens with two attached hydrogens (primary N) is 1. The Morgan fingerprint density at radius 3 is 2.34 bits per heavy atom. The van der Waals surface area contributed by atoms with E-state index in [1.807, 2.05) is 6.07 Å². The van der Waals surface area contributed by atoms with Crippen LogP contribution in [-0.4, -0.2) is 128 Å². The van der Waals surface area contributed by atoms with Crippen molar-refractivity contribution in [3.63, 3.8) is 0 Å². The molecular formula is C40H48N10O7S. The quantitative estimate of drug-likeness (QED) is 0.203. The maximum Gasteiger partial charge on any atom is 0.271 e. The van der Waals surface area contributed by atoms with E-state index >= 15 is 0 Å². The number of imide groups is 2. The fourth-order valence-corrected chi connectivity index (χ4v) is 9.54. The number of amides is 5. The van der Waals surface area contributed by atoms with Gasteiger partial charge in [-0.05, 0) is 93.5 Å². The molecule has 5 N–H and O–H groups in total. The predicted octanol–water partition coefficient (Wildman–Crippen LogP) is 1.67. The number of sulfone groups is 1. The molecule has 58 heavy (non-hydrogen) atoms. The zero-order chi connectivity index (χ0) is 40.7. The number of benzene rings is 2. The van der Waals surface area contributed by atoms with Gasteiger partial charge in [-0.1, -0.05) is 0 Å². The summed E-state index contributed by atoms with van der Waals surface area (Å²) in [7, 11) is -3.36. The summed E-state index contributed by atoms with van der Waals surface area (Å²) in [5.74, 6) is -1.34. The van der Waals surface area contributed by atoms with Crippen LogP contribution in [0.5, 0.6) is 0 Å². The normalized spacial score (nSPS) is 23.3. The van der Waals surface area contributed by atoms with E-state index in [4.69, 9.17) is 10.7 Å². The summed E-state index contributed by atoms with van der Waals surface area (Å²) in [5, 5.41) is 9.23. The van der Waals surface area contributed by atoms with Crippen molar-refractivity contribution in [2.45, 2.75) is 68.0 Å². The Kier molecular flexibility index (Phi) is 10.9. The summed E-state index contributed by atoms with van der Waals surface area (Å²) in [6.45, 7) is 6.23. The summed E-state index contributed by atoms with van der Waals surface area (Å²) in [6.07, 6.45) is 8.02. The molecule has 4 saturated heterocycles. The molecule has 8 rings (SSSR count). The summed E-state index contributed by atoms with van der Waals surface area (Å²) >= 11 is 0. The molecule has 2 aromatic carbocycles. The van der Waals surface area contributed by atoms with Gasteiger partial charge in [0.05, 0.1) is 22.2 Å². The van der Waals surface area contributed by atoms with Gasteiger partial charge >= 0.3 is 0 Å². The summed E-state index contributed by atoms with van der Waals surface area (Å²) < 4.78 is 23.8. The number of likely N-dealkylation sites (tertiary alicyclic amines) is 1. The van der Waals surface area contributed by atoms with Gasteiger partial charge in [0.25, 0.3) is 17.7 Å². The molecule has 3 atom stereocenters. The van der Waals surface area contributed by atoms with E-state index in [0.717, 1.165) is 94.8 Å². The van der Waals surface area contributed by atoms with Gasteiger partial charge in [-0.15, -0.1) is 0 Å². The third-order valence-corrected chi connectivity index (χ3v) is 13.1. The second-order valence-electron chi connectivity index (χ2n) is 16.0. The number of carbonyl (C=O) groups excluding carboxylic acids is 5. The van der Waals surface area contributed by atoms with Gasteiger partial charge in [-0.2, -0.15) is 0 Å². The molecule has 0 saturated carbocycles. The first-order valence-corrected chi connectivity index (χ1v) is 21.8. The number of carbonyl (C=O) groups is 5. The first-order valence-electron chi connectivity index (χ1n) is 19.9. The molecule has 0 bridgehead atoms. The minimum Gasteiger partial charge on any atom is -0.371 e. The maximum atomic E-state index is 13.4. The van der Waals surface area contributed by atoms with Crippen LogP contribution in [0.1, 0.15) is 76.2 Å². The highest BCUT2D eigenvalue weighted by atomic mass is 32.2. The molecule has 306 valence electrons. The number of fused-ring (bicyclic) bond motifs is 1. The third kappa shape index (κ3) is 8.26. The molecule has 2 unspecified atom stereocenters. The fraction of sp³-hybridized carbons (Fsp3) is 0.475. The van der Waals surface area contributed by atoms with Gasteiger partial charge in [0, 0.05) is 75.4 Å². The molecule has 5 amide bonds. The van der Waals surface area contributed by atoms with E-state index in [1.54, 1.807) is 30.5 Å². The molecule has 17 nitrogen and oxygen atoms in total. The van der Waals surface area contributed by atoms with Crippen LogP contribution < -0.4 is 31.5 Å². The van der Waals surface area contributed by atoms with Crippen molar-refractivity contribution in [3.8, 4) is 0 Å². The van der Waals surface area contributed by atoms with Gasteiger partial charge in [0.15, 0.2) is 21.3 Å². The average molecular weight is 813 g/mol. The number of hydrogen-bond acceptors (Lipinski definition) is 14. The lowest BCUT2D eigenvalue weighted by Gasteiger charge is -2.36. The Balaban J connectivity index is 0.818. The topological polar surface area (TPSA) is 220 Å². The molecule has 5 aliphatic rings. The van der Waals surface area contributed by atoms with Crippen LogP contribution in [0.25, 0.3) is 0 Å². The van der Waals surface area contributed by atoms with Crippen molar-refractivity contribution >= 4 is 62.4 Å². The second kappa shape index (κ2) is 16.1. The zero-order valence-corrected chi connectivity index (χ0v) is 33.2. The van der Waals surface area contributed by atoms with Gasteiger partial charge in [0.2, 0.25) is 11.8 Å². The number of hydrogen-bond donors (Lipinski definition) is 4. The van der Waals surface area contributed by atoms with Crippen LogP contribution in [0.2, 0.25) is 0 Å². The van der Waals surface area contributed by atoms with Crippen LogP contribution in [0, 0.1) is 5.92 Å². The zero-order valence-electron chi connectivity index (χ0n) is 32.4. The molecule has 0 spiro atoms. The van der Waals surface area contributed by atoms with Crippen molar-refractivity contribution < 1.29 is 32.4 Å². The van der Waals surface area contributed by atoms with Crippen molar-refractivity contribution in [1.29, 1.82) is 0 Å². The van der Waals surface area contributed by atoms with Crippen LogP contribution in [0.15, 0.2) is 53.6 Å². The monoisotopic (exact) mass is 812 g/mol. The number of piperidine rings is 3. The lowest BCUT2D eigenvalue weighted by atomic mass is 9.95. The highest BCUT2D eigenvalue weighted by molar-refractivity contribution is 7.90. The summed E-state index contributed by atoms with van der Waals surface area (Å²) in [6, 6.07) is 11.2. The van der Waals surface area contributed by atoms with E-state index in [2.05, 4.69) is 35.6 Å². The molecule has 4 fully saturated rings. The Labute approximate surface area is 336 Å². The number of primary amides is 1. The number of aromatic nitrogens is 2. The van der Waals surface area contributed by atoms with Gasteiger partial charge in [-0.3, -0.25) is 34.2 Å². The lowest BCUT2D eigenvalue weighted by molar-refractivity contribution is -0.136. The molecule has 6 heterocycles. The smallest absolute Gasteiger partial charge is 0.271 e. The van der Waals surface area contributed by atoms with Gasteiger partial charge in [0.1, 0.15) is 11.9 Å². The molecule has 1 aromatic heterocycles. The summed E-state index contributed by atoms with van der Waals surface area (Å²) in [4.78, 5) is 80.0. The molecule has 5 aliphatic heterocycles. The van der Waals surface area contributed by atoms with Crippen LogP contribution >= 0.6 is 0 Å². The predicted molar refractivity (Wildman–Crippen MR) is 215 cm³/mol. The third-order valence-electron chi connectivity index (χ3n) is 11.9. The Hall–Kier alpha value is -5.46. The Bertz CT molecular complexity index is 2250. The second-order valence-corrected chi connectivity index (χ2v) is 18.0. The van der Waals surface area contributed by atoms with E-state index in [0.29, 0.717) is 34.6 Å². The van der Waals surface area contributed by atoms with Crippen molar-refractivity contribution in [2.75, 3.05) is 67.2 Å². The van der Waals surface area contributed by atoms with Crippen molar-refractivity contribution in [3.05, 3.63) is 65.5 Å².